The maximum absolute atomic E-state index is 10.5. The SMILES string of the molecule is N[C@@H](C(=O)O)[C@H](O)c1cccc([N+](=O)[O-])c1. The van der Waals surface area contributed by atoms with Crippen LogP contribution in [0.5, 0.6) is 0 Å². The monoisotopic (exact) mass is 226 g/mol. The fourth-order valence-electron chi connectivity index (χ4n) is 1.16. The largest absolute Gasteiger partial charge is 0.480 e. The van der Waals surface area contributed by atoms with Crippen molar-refractivity contribution >= 4 is 11.7 Å². The minimum Gasteiger partial charge on any atom is -0.480 e. The summed E-state index contributed by atoms with van der Waals surface area (Å²) in [6, 6.07) is 3.55. The van der Waals surface area contributed by atoms with Gasteiger partial charge in [-0.15, -0.1) is 0 Å². The number of non-ortho nitro benzene ring substituents is 1. The standard InChI is InChI=1S/C9H10N2O5/c10-7(9(13)14)8(12)5-2-1-3-6(4-5)11(15)16/h1-4,7-8,12H,10H2,(H,13,14)/t7-,8-/m1/s1. The summed E-state index contributed by atoms with van der Waals surface area (Å²) in [6.45, 7) is 0. The molecule has 86 valence electrons. The van der Waals surface area contributed by atoms with Crippen molar-refractivity contribution in [1.82, 2.24) is 0 Å². The summed E-state index contributed by atoms with van der Waals surface area (Å²) in [5.41, 5.74) is 5.07. The number of nitrogens with two attached hydrogens (primary N) is 1. The van der Waals surface area contributed by atoms with Gasteiger partial charge in [0.15, 0.2) is 0 Å². The van der Waals surface area contributed by atoms with Gasteiger partial charge in [-0.3, -0.25) is 14.9 Å². The Hall–Kier alpha value is -1.99. The summed E-state index contributed by atoms with van der Waals surface area (Å²) in [5, 5.41) is 28.6. The van der Waals surface area contributed by atoms with Gasteiger partial charge < -0.3 is 15.9 Å². The number of rotatable bonds is 4. The molecule has 0 bridgehead atoms. The fraction of sp³-hybridized carbons (Fsp3) is 0.222. The van der Waals surface area contributed by atoms with E-state index in [0.29, 0.717) is 0 Å². The van der Waals surface area contributed by atoms with Gasteiger partial charge in [-0.25, -0.2) is 0 Å². The van der Waals surface area contributed by atoms with E-state index in [1.807, 2.05) is 0 Å². The van der Waals surface area contributed by atoms with Crippen LogP contribution >= 0.6 is 0 Å². The Morgan fingerprint density at radius 2 is 2.12 bits per heavy atom. The number of carboxylic acid groups (broad SMARTS) is 1. The van der Waals surface area contributed by atoms with Crippen molar-refractivity contribution in [1.29, 1.82) is 0 Å². The molecule has 0 heterocycles. The number of hydrogen-bond donors (Lipinski definition) is 3. The van der Waals surface area contributed by atoms with Gasteiger partial charge >= 0.3 is 5.97 Å². The Balaban J connectivity index is 3.00. The molecule has 1 rings (SSSR count). The van der Waals surface area contributed by atoms with Crippen molar-refractivity contribution in [3.63, 3.8) is 0 Å². The van der Waals surface area contributed by atoms with Gasteiger partial charge in [0.25, 0.3) is 5.69 Å². The number of nitro benzene ring substituents is 1. The first kappa shape index (κ1) is 12.1. The number of nitrogens with zero attached hydrogens (tertiary/aromatic N) is 1. The van der Waals surface area contributed by atoms with Crippen molar-refractivity contribution in [3.05, 3.63) is 39.9 Å². The van der Waals surface area contributed by atoms with Crippen LogP contribution < -0.4 is 5.73 Å². The van der Waals surface area contributed by atoms with E-state index in [0.717, 1.165) is 6.07 Å². The zero-order valence-electron chi connectivity index (χ0n) is 8.11. The van der Waals surface area contributed by atoms with Crippen LogP contribution in [0.2, 0.25) is 0 Å². The molecule has 0 aliphatic rings. The van der Waals surface area contributed by atoms with Crippen molar-refractivity contribution in [2.24, 2.45) is 5.73 Å². The zero-order chi connectivity index (χ0) is 12.3. The van der Waals surface area contributed by atoms with E-state index in [1.165, 1.54) is 18.2 Å². The molecule has 0 aromatic heterocycles. The first-order valence-corrected chi connectivity index (χ1v) is 4.34. The van der Waals surface area contributed by atoms with E-state index >= 15 is 0 Å². The molecule has 7 nitrogen and oxygen atoms in total. The molecule has 0 fully saturated rings. The quantitative estimate of drug-likeness (QED) is 0.491. The molecule has 0 spiro atoms. The Bertz CT molecular complexity index is 420. The second kappa shape index (κ2) is 4.69. The second-order valence-electron chi connectivity index (χ2n) is 3.16. The summed E-state index contributed by atoms with van der Waals surface area (Å²) in [4.78, 5) is 20.3. The first-order chi connectivity index (χ1) is 7.43. The first-order valence-electron chi connectivity index (χ1n) is 4.34. The molecular formula is C9H10N2O5. The highest BCUT2D eigenvalue weighted by atomic mass is 16.6. The average molecular weight is 226 g/mol. The Morgan fingerprint density at radius 1 is 1.50 bits per heavy atom. The Morgan fingerprint density at radius 3 is 2.62 bits per heavy atom. The summed E-state index contributed by atoms with van der Waals surface area (Å²) >= 11 is 0. The van der Waals surface area contributed by atoms with Gasteiger partial charge in [-0.1, -0.05) is 12.1 Å². The van der Waals surface area contributed by atoms with E-state index in [1.54, 1.807) is 0 Å². The molecule has 0 radical (unpaired) electrons. The Kier molecular flexibility index (Phi) is 3.54. The van der Waals surface area contributed by atoms with Crippen LogP contribution in [0, 0.1) is 10.1 Å². The number of carboxylic acids is 1. The van der Waals surface area contributed by atoms with Gasteiger partial charge in [0.2, 0.25) is 0 Å². The molecule has 0 amide bonds. The number of aliphatic hydroxyl groups excluding tert-OH is 1. The van der Waals surface area contributed by atoms with Crippen LogP contribution in [-0.4, -0.2) is 27.1 Å². The number of aliphatic hydroxyl groups is 1. The molecule has 16 heavy (non-hydrogen) atoms. The van der Waals surface area contributed by atoms with Crippen LogP contribution in [0.25, 0.3) is 0 Å². The highest BCUT2D eigenvalue weighted by molar-refractivity contribution is 5.74. The number of aliphatic carboxylic acids is 1. The molecule has 2 atom stereocenters. The third-order valence-corrected chi connectivity index (χ3v) is 2.05. The molecule has 1 aromatic carbocycles. The smallest absolute Gasteiger partial charge is 0.323 e. The molecule has 0 saturated heterocycles. The molecule has 0 aliphatic heterocycles. The number of benzene rings is 1. The van der Waals surface area contributed by atoms with Crippen LogP contribution in [0.4, 0.5) is 5.69 Å². The minimum absolute atomic E-state index is 0.101. The van der Waals surface area contributed by atoms with Crippen LogP contribution in [0.3, 0.4) is 0 Å². The van der Waals surface area contributed by atoms with Crippen LogP contribution in [0.1, 0.15) is 11.7 Å². The average Bonchev–Trinajstić information content (AvgIpc) is 2.27. The van der Waals surface area contributed by atoms with Crippen molar-refractivity contribution in [2.45, 2.75) is 12.1 Å². The van der Waals surface area contributed by atoms with E-state index in [-0.39, 0.29) is 11.3 Å². The predicted octanol–water partition coefficient (Wildman–Crippen LogP) is 0.0401. The highest BCUT2D eigenvalue weighted by Gasteiger charge is 2.24. The summed E-state index contributed by atoms with van der Waals surface area (Å²) < 4.78 is 0. The van der Waals surface area contributed by atoms with Gasteiger partial charge in [-0.05, 0) is 5.56 Å². The molecule has 0 aliphatic carbocycles. The van der Waals surface area contributed by atoms with E-state index in [9.17, 15) is 20.0 Å². The lowest BCUT2D eigenvalue weighted by atomic mass is 10.0. The summed E-state index contributed by atoms with van der Waals surface area (Å²) in [6.07, 6.45) is -1.47. The van der Waals surface area contributed by atoms with Crippen LogP contribution in [0.15, 0.2) is 24.3 Å². The lowest BCUT2D eigenvalue weighted by molar-refractivity contribution is -0.385. The number of hydrogen-bond acceptors (Lipinski definition) is 5. The van der Waals surface area contributed by atoms with Gasteiger partial charge in [0, 0.05) is 12.1 Å². The second-order valence-corrected chi connectivity index (χ2v) is 3.16. The lowest BCUT2D eigenvalue weighted by Crippen LogP contribution is -2.36. The number of carbonyl (C=O) groups is 1. The molecule has 0 saturated carbocycles. The third-order valence-electron chi connectivity index (χ3n) is 2.05. The van der Waals surface area contributed by atoms with Crippen molar-refractivity contribution in [2.75, 3.05) is 0 Å². The zero-order valence-corrected chi connectivity index (χ0v) is 8.11. The molecule has 7 heteroatoms. The predicted molar refractivity (Wildman–Crippen MR) is 53.7 cm³/mol. The van der Waals surface area contributed by atoms with Crippen molar-refractivity contribution < 1.29 is 19.9 Å². The molecule has 1 aromatic rings. The topological polar surface area (TPSA) is 127 Å². The maximum Gasteiger partial charge on any atom is 0.323 e. The van der Waals surface area contributed by atoms with Gasteiger partial charge in [-0.2, -0.15) is 0 Å². The lowest BCUT2D eigenvalue weighted by Gasteiger charge is -2.14. The number of nitro groups is 1. The van der Waals surface area contributed by atoms with E-state index in [2.05, 4.69) is 0 Å². The maximum atomic E-state index is 10.5. The molecule has 4 N–H and O–H groups in total. The summed E-state index contributed by atoms with van der Waals surface area (Å²) in [5.74, 6) is -1.38. The molecular weight excluding hydrogens is 216 g/mol. The molecule has 0 unspecified atom stereocenters. The Labute approximate surface area is 90.3 Å². The fourth-order valence-corrected chi connectivity index (χ4v) is 1.16. The third kappa shape index (κ3) is 2.53. The van der Waals surface area contributed by atoms with Gasteiger partial charge in [0.1, 0.15) is 12.1 Å². The van der Waals surface area contributed by atoms with Crippen LogP contribution in [-0.2, 0) is 4.79 Å². The van der Waals surface area contributed by atoms with Gasteiger partial charge in [0.05, 0.1) is 4.92 Å². The van der Waals surface area contributed by atoms with E-state index < -0.39 is 23.0 Å². The normalized spacial score (nSPS) is 14.1. The van der Waals surface area contributed by atoms with E-state index in [4.69, 9.17) is 10.8 Å². The highest BCUT2D eigenvalue weighted by Crippen LogP contribution is 2.20. The minimum atomic E-state index is -1.51. The van der Waals surface area contributed by atoms with Crippen molar-refractivity contribution in [3.8, 4) is 0 Å². The summed E-state index contributed by atoms with van der Waals surface area (Å²) in [7, 11) is 0.